The van der Waals surface area contributed by atoms with Gasteiger partial charge in [0, 0.05) is 30.9 Å². The Kier molecular flexibility index (Phi) is 8.71. The molecule has 172 valence electrons. The summed E-state index contributed by atoms with van der Waals surface area (Å²) in [5.41, 5.74) is 1.18. The lowest BCUT2D eigenvalue weighted by Gasteiger charge is -2.17. The Morgan fingerprint density at radius 2 is 1.55 bits per heavy atom. The Hall–Kier alpha value is -4.00. The van der Waals surface area contributed by atoms with Gasteiger partial charge in [0.2, 0.25) is 0 Å². The summed E-state index contributed by atoms with van der Waals surface area (Å²) in [4.78, 5) is 26.4. The summed E-state index contributed by atoms with van der Waals surface area (Å²) >= 11 is 0. The van der Waals surface area contributed by atoms with Crippen molar-refractivity contribution in [3.63, 3.8) is 0 Å². The molecule has 0 aliphatic heterocycles. The van der Waals surface area contributed by atoms with Gasteiger partial charge in [0.1, 0.15) is 17.2 Å². The van der Waals surface area contributed by atoms with Crippen LogP contribution in [-0.4, -0.2) is 50.6 Å². The van der Waals surface area contributed by atoms with E-state index >= 15 is 0 Å². The molecule has 0 saturated carbocycles. The van der Waals surface area contributed by atoms with Crippen molar-refractivity contribution in [3.05, 3.63) is 84.4 Å². The number of amides is 2. The van der Waals surface area contributed by atoms with Crippen LogP contribution in [0.4, 0.5) is 5.69 Å². The largest absolute Gasteiger partial charge is 0.497 e. The maximum Gasteiger partial charge on any atom is 0.262 e. The van der Waals surface area contributed by atoms with Crippen molar-refractivity contribution in [3.8, 4) is 17.2 Å². The summed E-state index contributed by atoms with van der Waals surface area (Å²) in [5, 5.41) is 2.75. The lowest BCUT2D eigenvalue weighted by Crippen LogP contribution is -2.28. The van der Waals surface area contributed by atoms with Gasteiger partial charge >= 0.3 is 0 Å². The molecule has 3 aromatic carbocycles. The van der Waals surface area contributed by atoms with Crippen molar-refractivity contribution >= 4 is 17.5 Å². The number of benzene rings is 3. The number of hydrogen-bond acceptors (Lipinski definition) is 5. The van der Waals surface area contributed by atoms with Crippen molar-refractivity contribution in [1.82, 2.24) is 4.90 Å². The van der Waals surface area contributed by atoms with Gasteiger partial charge in [-0.15, -0.1) is 0 Å². The molecule has 2 amide bonds. The van der Waals surface area contributed by atoms with E-state index in [0.717, 1.165) is 12.2 Å². The molecular formula is C26H28N2O5. The number of rotatable bonds is 11. The van der Waals surface area contributed by atoms with E-state index in [1.54, 1.807) is 67.6 Å². The first-order valence-corrected chi connectivity index (χ1v) is 10.7. The molecule has 0 unspecified atom stereocenters. The Labute approximate surface area is 193 Å². The lowest BCUT2D eigenvalue weighted by atomic mass is 10.2. The predicted octanol–water partition coefficient (Wildman–Crippen LogP) is 4.25. The number of methoxy groups -OCH3 is 1. The second-order valence-electron chi connectivity index (χ2n) is 7.33. The Morgan fingerprint density at radius 1 is 0.848 bits per heavy atom. The minimum Gasteiger partial charge on any atom is -0.497 e. The summed E-state index contributed by atoms with van der Waals surface area (Å²) in [5.74, 6) is 1.60. The van der Waals surface area contributed by atoms with Crippen molar-refractivity contribution in [2.45, 2.75) is 6.42 Å². The summed E-state index contributed by atoms with van der Waals surface area (Å²) in [6.45, 7) is 0.965. The SMILES string of the molecule is COc1cccc(NC(=O)COc2ccc(C(=O)N(C)CCCOc3ccccc3)cc2)c1. The monoisotopic (exact) mass is 448 g/mol. The number of nitrogens with one attached hydrogen (secondary N) is 1. The highest BCUT2D eigenvalue weighted by molar-refractivity contribution is 5.94. The van der Waals surface area contributed by atoms with Crippen LogP contribution in [0.15, 0.2) is 78.9 Å². The normalized spacial score (nSPS) is 10.2. The molecule has 7 heteroatoms. The molecule has 3 rings (SSSR count). The fourth-order valence-electron chi connectivity index (χ4n) is 3.07. The first-order valence-electron chi connectivity index (χ1n) is 10.7. The molecule has 0 saturated heterocycles. The highest BCUT2D eigenvalue weighted by Crippen LogP contribution is 2.17. The first-order chi connectivity index (χ1) is 16.0. The van der Waals surface area contributed by atoms with E-state index in [-0.39, 0.29) is 18.4 Å². The van der Waals surface area contributed by atoms with Crippen molar-refractivity contribution in [1.29, 1.82) is 0 Å². The molecule has 0 heterocycles. The van der Waals surface area contributed by atoms with Crippen LogP contribution in [0.5, 0.6) is 17.2 Å². The van der Waals surface area contributed by atoms with Gasteiger partial charge in [0.25, 0.3) is 11.8 Å². The molecule has 0 aliphatic carbocycles. The number of para-hydroxylation sites is 1. The predicted molar refractivity (Wildman–Crippen MR) is 127 cm³/mol. The van der Waals surface area contributed by atoms with Gasteiger partial charge in [0.05, 0.1) is 13.7 Å². The van der Waals surface area contributed by atoms with E-state index in [0.29, 0.717) is 35.9 Å². The smallest absolute Gasteiger partial charge is 0.262 e. The van der Waals surface area contributed by atoms with Crippen LogP contribution < -0.4 is 19.5 Å². The van der Waals surface area contributed by atoms with Gasteiger partial charge in [-0.1, -0.05) is 24.3 Å². The summed E-state index contributed by atoms with van der Waals surface area (Å²) < 4.78 is 16.3. The summed E-state index contributed by atoms with van der Waals surface area (Å²) in [6.07, 6.45) is 0.723. The molecule has 7 nitrogen and oxygen atoms in total. The highest BCUT2D eigenvalue weighted by atomic mass is 16.5. The molecule has 3 aromatic rings. The van der Waals surface area contributed by atoms with Crippen LogP contribution in [0.2, 0.25) is 0 Å². The number of carbonyl (C=O) groups is 2. The Balaban J connectivity index is 1.40. The van der Waals surface area contributed by atoms with E-state index in [9.17, 15) is 9.59 Å². The topological polar surface area (TPSA) is 77.1 Å². The van der Waals surface area contributed by atoms with Crippen molar-refractivity contribution in [2.75, 3.05) is 39.2 Å². The fourth-order valence-corrected chi connectivity index (χ4v) is 3.07. The Bertz CT molecular complexity index is 1040. The number of nitrogens with zero attached hydrogens (tertiary/aromatic N) is 1. The van der Waals surface area contributed by atoms with E-state index in [4.69, 9.17) is 14.2 Å². The minimum atomic E-state index is -0.291. The number of hydrogen-bond donors (Lipinski definition) is 1. The van der Waals surface area contributed by atoms with Gasteiger partial charge in [-0.05, 0) is 55.0 Å². The lowest BCUT2D eigenvalue weighted by molar-refractivity contribution is -0.118. The summed E-state index contributed by atoms with van der Waals surface area (Å²) in [7, 11) is 3.33. The average Bonchev–Trinajstić information content (AvgIpc) is 2.86. The van der Waals surface area contributed by atoms with E-state index < -0.39 is 0 Å². The second-order valence-corrected chi connectivity index (χ2v) is 7.33. The molecule has 0 spiro atoms. The first kappa shape index (κ1) is 23.7. The molecule has 33 heavy (non-hydrogen) atoms. The number of carbonyl (C=O) groups excluding carboxylic acids is 2. The number of anilines is 1. The van der Waals surface area contributed by atoms with Crippen LogP contribution >= 0.6 is 0 Å². The Morgan fingerprint density at radius 3 is 2.27 bits per heavy atom. The zero-order valence-corrected chi connectivity index (χ0v) is 18.8. The van der Waals surface area contributed by atoms with Gasteiger partial charge in [-0.3, -0.25) is 9.59 Å². The summed E-state index contributed by atoms with van der Waals surface area (Å²) in [6, 6.07) is 23.4. The van der Waals surface area contributed by atoms with Gasteiger partial charge in [0.15, 0.2) is 6.61 Å². The van der Waals surface area contributed by atoms with Crippen molar-refractivity contribution in [2.24, 2.45) is 0 Å². The van der Waals surface area contributed by atoms with E-state index in [2.05, 4.69) is 5.32 Å². The number of ether oxygens (including phenoxy) is 3. The fraction of sp³-hybridized carbons (Fsp3) is 0.231. The van der Waals surface area contributed by atoms with Crippen LogP contribution in [0.3, 0.4) is 0 Å². The molecule has 0 aromatic heterocycles. The van der Waals surface area contributed by atoms with Gasteiger partial charge in [-0.25, -0.2) is 0 Å². The quantitative estimate of drug-likeness (QED) is 0.444. The van der Waals surface area contributed by atoms with Crippen LogP contribution in [0.1, 0.15) is 16.8 Å². The van der Waals surface area contributed by atoms with Crippen LogP contribution in [0.25, 0.3) is 0 Å². The van der Waals surface area contributed by atoms with Gasteiger partial charge in [-0.2, -0.15) is 0 Å². The third kappa shape index (κ3) is 7.57. The zero-order chi connectivity index (χ0) is 23.5. The molecule has 0 radical (unpaired) electrons. The molecule has 0 fully saturated rings. The second kappa shape index (κ2) is 12.1. The third-order valence-corrected chi connectivity index (χ3v) is 4.82. The van der Waals surface area contributed by atoms with Crippen molar-refractivity contribution < 1.29 is 23.8 Å². The average molecular weight is 449 g/mol. The van der Waals surface area contributed by atoms with E-state index in [1.807, 2.05) is 30.3 Å². The van der Waals surface area contributed by atoms with E-state index in [1.165, 1.54) is 0 Å². The highest BCUT2D eigenvalue weighted by Gasteiger charge is 2.12. The minimum absolute atomic E-state index is 0.0861. The standard InChI is InChI=1S/C26H28N2O5/c1-28(16-7-17-32-22-9-4-3-5-10-22)26(30)20-12-14-23(15-13-20)33-19-25(29)27-21-8-6-11-24(18-21)31-2/h3-6,8-15,18H,7,16-17,19H2,1-2H3,(H,27,29). The maximum absolute atomic E-state index is 12.6. The van der Waals surface area contributed by atoms with Crippen LogP contribution in [-0.2, 0) is 4.79 Å². The molecule has 1 N–H and O–H groups in total. The van der Waals surface area contributed by atoms with Gasteiger partial charge < -0.3 is 24.4 Å². The molecular weight excluding hydrogens is 420 g/mol. The third-order valence-electron chi connectivity index (χ3n) is 4.82. The van der Waals surface area contributed by atoms with Crippen LogP contribution in [0, 0.1) is 0 Å². The maximum atomic E-state index is 12.6. The molecule has 0 atom stereocenters. The zero-order valence-electron chi connectivity index (χ0n) is 18.8. The molecule has 0 bridgehead atoms. The molecule has 0 aliphatic rings.